The fourth-order valence-corrected chi connectivity index (χ4v) is 1.55. The normalized spacial score (nSPS) is 12.8. The highest BCUT2D eigenvalue weighted by Crippen LogP contribution is 2.07. The average Bonchev–Trinajstić information content (AvgIpc) is 2.21. The number of pyridine rings is 1. The van der Waals surface area contributed by atoms with E-state index in [9.17, 15) is 4.79 Å². The van der Waals surface area contributed by atoms with Gasteiger partial charge in [0.2, 0.25) is 0 Å². The van der Waals surface area contributed by atoms with Crippen LogP contribution < -0.4 is 0 Å². The number of hydrogen-bond acceptors (Lipinski definition) is 3. The van der Waals surface area contributed by atoms with Crippen LogP contribution in [0.5, 0.6) is 0 Å². The molecular weight excluding hydrogens is 204 g/mol. The maximum Gasteiger partial charge on any atom is 0.307 e. The van der Waals surface area contributed by atoms with Gasteiger partial charge in [0.25, 0.3) is 0 Å². The SMILES string of the molecule is Cc1cccnc1CN(C)CC(C)C(=O)O. The van der Waals surface area contributed by atoms with Crippen molar-refractivity contribution < 1.29 is 9.90 Å². The second kappa shape index (κ2) is 5.61. The zero-order chi connectivity index (χ0) is 12.1. The topological polar surface area (TPSA) is 53.4 Å². The van der Waals surface area contributed by atoms with Crippen LogP contribution in [0.25, 0.3) is 0 Å². The van der Waals surface area contributed by atoms with Gasteiger partial charge in [-0.3, -0.25) is 14.7 Å². The number of nitrogens with zero attached hydrogens (tertiary/aromatic N) is 2. The summed E-state index contributed by atoms with van der Waals surface area (Å²) in [6.07, 6.45) is 1.76. The number of hydrogen-bond donors (Lipinski definition) is 1. The number of carboxylic acid groups (broad SMARTS) is 1. The molecule has 0 spiro atoms. The average molecular weight is 222 g/mol. The molecule has 0 amide bonds. The first-order chi connectivity index (χ1) is 7.50. The summed E-state index contributed by atoms with van der Waals surface area (Å²) in [6, 6.07) is 3.91. The number of carbonyl (C=O) groups is 1. The Hall–Kier alpha value is -1.42. The highest BCUT2D eigenvalue weighted by molar-refractivity contribution is 5.69. The van der Waals surface area contributed by atoms with Gasteiger partial charge in [0.15, 0.2) is 0 Å². The van der Waals surface area contributed by atoms with Crippen LogP contribution in [0.2, 0.25) is 0 Å². The van der Waals surface area contributed by atoms with E-state index in [1.54, 1.807) is 13.1 Å². The van der Waals surface area contributed by atoms with Crippen LogP contribution in [0.15, 0.2) is 18.3 Å². The lowest BCUT2D eigenvalue weighted by atomic mass is 10.1. The van der Waals surface area contributed by atoms with Crippen molar-refractivity contribution in [2.45, 2.75) is 20.4 Å². The van der Waals surface area contributed by atoms with Gasteiger partial charge in [-0.05, 0) is 25.6 Å². The lowest BCUT2D eigenvalue weighted by Crippen LogP contribution is -2.28. The van der Waals surface area contributed by atoms with E-state index in [0.717, 1.165) is 11.3 Å². The van der Waals surface area contributed by atoms with Crippen molar-refractivity contribution in [2.75, 3.05) is 13.6 Å². The van der Waals surface area contributed by atoms with Gasteiger partial charge >= 0.3 is 5.97 Å². The number of carboxylic acids is 1. The minimum absolute atomic E-state index is 0.353. The molecule has 1 aromatic heterocycles. The third-order valence-electron chi connectivity index (χ3n) is 2.54. The standard InChI is InChI=1S/C12H18N2O2/c1-9-5-4-6-13-11(9)8-14(3)7-10(2)12(15)16/h4-6,10H,7-8H2,1-3H3,(H,15,16). The molecule has 4 heteroatoms. The monoisotopic (exact) mass is 222 g/mol. The van der Waals surface area contributed by atoms with Gasteiger partial charge in [0.05, 0.1) is 11.6 Å². The van der Waals surface area contributed by atoms with Crippen LogP contribution in [0.1, 0.15) is 18.2 Å². The molecule has 0 fully saturated rings. The number of aryl methyl sites for hydroxylation is 1. The Bertz CT molecular complexity index is 366. The fraction of sp³-hybridized carbons (Fsp3) is 0.500. The highest BCUT2D eigenvalue weighted by Gasteiger charge is 2.14. The molecule has 0 radical (unpaired) electrons. The number of rotatable bonds is 5. The summed E-state index contributed by atoms with van der Waals surface area (Å²) in [5.74, 6) is -1.11. The van der Waals surface area contributed by atoms with Crippen molar-refractivity contribution in [3.63, 3.8) is 0 Å². The zero-order valence-electron chi connectivity index (χ0n) is 9.97. The summed E-state index contributed by atoms with van der Waals surface area (Å²) in [5.41, 5.74) is 2.14. The van der Waals surface area contributed by atoms with Crippen molar-refractivity contribution in [2.24, 2.45) is 5.92 Å². The first-order valence-corrected chi connectivity index (χ1v) is 5.32. The van der Waals surface area contributed by atoms with Gasteiger partial charge in [0, 0.05) is 19.3 Å². The van der Waals surface area contributed by atoms with Crippen molar-refractivity contribution in [3.05, 3.63) is 29.6 Å². The molecule has 0 aliphatic rings. The summed E-state index contributed by atoms with van der Waals surface area (Å²) in [4.78, 5) is 17.0. The molecule has 88 valence electrons. The molecule has 1 N–H and O–H groups in total. The second-order valence-electron chi connectivity index (χ2n) is 4.20. The van der Waals surface area contributed by atoms with E-state index in [1.165, 1.54) is 0 Å². The molecule has 4 nitrogen and oxygen atoms in total. The van der Waals surface area contributed by atoms with E-state index in [2.05, 4.69) is 4.98 Å². The molecule has 0 aromatic carbocycles. The first kappa shape index (κ1) is 12.6. The Morgan fingerprint density at radius 1 is 1.62 bits per heavy atom. The molecular formula is C12H18N2O2. The molecule has 16 heavy (non-hydrogen) atoms. The Labute approximate surface area is 95.9 Å². The minimum Gasteiger partial charge on any atom is -0.481 e. The molecule has 0 aliphatic heterocycles. The van der Waals surface area contributed by atoms with Crippen LogP contribution in [0, 0.1) is 12.8 Å². The molecule has 0 saturated heterocycles. The Morgan fingerprint density at radius 3 is 2.88 bits per heavy atom. The molecule has 0 saturated carbocycles. The van der Waals surface area contributed by atoms with Gasteiger partial charge in [-0.2, -0.15) is 0 Å². The van der Waals surface area contributed by atoms with Crippen molar-refractivity contribution >= 4 is 5.97 Å². The summed E-state index contributed by atoms with van der Waals surface area (Å²) in [6.45, 7) is 4.94. The zero-order valence-corrected chi connectivity index (χ0v) is 9.97. The Balaban J connectivity index is 2.55. The smallest absolute Gasteiger partial charge is 0.307 e. The minimum atomic E-state index is -0.760. The third kappa shape index (κ3) is 3.62. The summed E-state index contributed by atoms with van der Waals surface area (Å²) < 4.78 is 0. The fourth-order valence-electron chi connectivity index (χ4n) is 1.55. The summed E-state index contributed by atoms with van der Waals surface area (Å²) in [7, 11) is 1.91. The Kier molecular flexibility index (Phi) is 4.43. The van der Waals surface area contributed by atoms with Gasteiger partial charge < -0.3 is 5.11 Å². The van der Waals surface area contributed by atoms with E-state index in [-0.39, 0.29) is 5.92 Å². The van der Waals surface area contributed by atoms with E-state index >= 15 is 0 Å². The molecule has 0 bridgehead atoms. The van der Waals surface area contributed by atoms with Crippen molar-refractivity contribution in [1.29, 1.82) is 0 Å². The van der Waals surface area contributed by atoms with E-state index in [4.69, 9.17) is 5.11 Å². The first-order valence-electron chi connectivity index (χ1n) is 5.32. The highest BCUT2D eigenvalue weighted by atomic mass is 16.4. The maximum absolute atomic E-state index is 10.7. The molecule has 1 heterocycles. The summed E-state index contributed by atoms with van der Waals surface area (Å²) in [5, 5.41) is 8.81. The van der Waals surface area contributed by atoms with Gasteiger partial charge in [-0.15, -0.1) is 0 Å². The third-order valence-corrected chi connectivity index (χ3v) is 2.54. The second-order valence-corrected chi connectivity index (χ2v) is 4.20. The molecule has 1 rings (SSSR count). The van der Waals surface area contributed by atoms with Crippen LogP contribution in [0.3, 0.4) is 0 Å². The Morgan fingerprint density at radius 2 is 2.31 bits per heavy atom. The van der Waals surface area contributed by atoms with E-state index in [1.807, 2.05) is 31.0 Å². The lowest BCUT2D eigenvalue weighted by Gasteiger charge is -2.19. The summed E-state index contributed by atoms with van der Waals surface area (Å²) >= 11 is 0. The van der Waals surface area contributed by atoms with Crippen LogP contribution >= 0.6 is 0 Å². The lowest BCUT2D eigenvalue weighted by molar-refractivity contribution is -0.141. The quantitative estimate of drug-likeness (QED) is 0.821. The maximum atomic E-state index is 10.7. The van der Waals surface area contributed by atoms with Crippen molar-refractivity contribution in [1.82, 2.24) is 9.88 Å². The molecule has 1 unspecified atom stereocenters. The van der Waals surface area contributed by atoms with Gasteiger partial charge in [-0.25, -0.2) is 0 Å². The number of aromatic nitrogens is 1. The van der Waals surface area contributed by atoms with Crippen LogP contribution in [-0.4, -0.2) is 34.6 Å². The van der Waals surface area contributed by atoms with E-state index in [0.29, 0.717) is 13.1 Å². The van der Waals surface area contributed by atoms with Crippen LogP contribution in [-0.2, 0) is 11.3 Å². The van der Waals surface area contributed by atoms with Crippen molar-refractivity contribution in [3.8, 4) is 0 Å². The van der Waals surface area contributed by atoms with E-state index < -0.39 is 5.97 Å². The number of aliphatic carboxylic acids is 1. The predicted molar refractivity (Wildman–Crippen MR) is 62.1 cm³/mol. The predicted octanol–water partition coefficient (Wildman–Crippen LogP) is 1.54. The molecule has 1 atom stereocenters. The largest absolute Gasteiger partial charge is 0.481 e. The van der Waals surface area contributed by atoms with Gasteiger partial charge in [-0.1, -0.05) is 13.0 Å². The molecule has 1 aromatic rings. The van der Waals surface area contributed by atoms with Gasteiger partial charge in [0.1, 0.15) is 0 Å². The molecule has 0 aliphatic carbocycles. The van der Waals surface area contributed by atoms with Crippen LogP contribution in [0.4, 0.5) is 0 Å².